The molecule has 17 nitrogen and oxygen atoms in total. The molecule has 0 fully saturated rings. The summed E-state index contributed by atoms with van der Waals surface area (Å²) in [5, 5.41) is 10.7. The van der Waals surface area contributed by atoms with Gasteiger partial charge in [0, 0.05) is 25.7 Å². The molecule has 0 radical (unpaired) electrons. The Labute approximate surface area is 645 Å². The van der Waals surface area contributed by atoms with E-state index in [1.54, 1.807) is 0 Å². The van der Waals surface area contributed by atoms with Crippen molar-refractivity contribution in [3.05, 3.63) is 0 Å². The van der Waals surface area contributed by atoms with Gasteiger partial charge in [-0.15, -0.1) is 0 Å². The van der Waals surface area contributed by atoms with Gasteiger partial charge in [-0.1, -0.05) is 419 Å². The number of rotatable bonds is 87. The van der Waals surface area contributed by atoms with E-state index in [9.17, 15) is 43.2 Å². The Balaban J connectivity index is 5.18. The number of unbranched alkanes of at least 4 members (excludes halogenated alkanes) is 61. The van der Waals surface area contributed by atoms with E-state index in [0.717, 1.165) is 89.9 Å². The summed E-state index contributed by atoms with van der Waals surface area (Å²) >= 11 is 0. The minimum atomic E-state index is -4.96. The van der Waals surface area contributed by atoms with Gasteiger partial charge in [-0.2, -0.15) is 0 Å². The van der Waals surface area contributed by atoms with E-state index in [4.69, 9.17) is 37.0 Å². The third-order valence-electron chi connectivity index (χ3n) is 20.4. The second-order valence-corrected chi connectivity index (χ2v) is 33.8. The Morgan fingerprint density at radius 3 is 0.562 bits per heavy atom. The van der Waals surface area contributed by atoms with Gasteiger partial charge in [0.1, 0.15) is 19.3 Å². The molecule has 5 atom stereocenters. The number of hydrogen-bond donors (Lipinski definition) is 3. The fourth-order valence-corrected chi connectivity index (χ4v) is 15.1. The molecule has 0 aromatic rings. The average Bonchev–Trinajstić information content (AvgIpc) is 0.919. The van der Waals surface area contributed by atoms with Crippen molar-refractivity contribution in [1.82, 2.24) is 0 Å². The maximum Gasteiger partial charge on any atom is 0.472 e. The van der Waals surface area contributed by atoms with Crippen LogP contribution in [0, 0.1) is 0 Å². The van der Waals surface area contributed by atoms with Gasteiger partial charge in [0.2, 0.25) is 0 Å². The normalized spacial score (nSPS) is 13.7. The summed E-state index contributed by atoms with van der Waals surface area (Å²) in [6.45, 7) is 5.04. The molecule has 0 aromatic carbocycles. The van der Waals surface area contributed by atoms with Crippen molar-refractivity contribution >= 4 is 39.5 Å². The van der Waals surface area contributed by atoms with Gasteiger partial charge < -0.3 is 33.8 Å². The maximum atomic E-state index is 13.1. The number of aliphatic hydroxyl groups is 1. The monoisotopic (exact) mass is 1540 g/mol. The van der Waals surface area contributed by atoms with E-state index in [0.29, 0.717) is 25.7 Å². The van der Waals surface area contributed by atoms with Crippen molar-refractivity contribution in [3.8, 4) is 0 Å². The molecule has 0 heterocycles. The van der Waals surface area contributed by atoms with Gasteiger partial charge >= 0.3 is 39.5 Å². The highest BCUT2D eigenvalue weighted by atomic mass is 31.2. The molecule has 0 aromatic heterocycles. The lowest BCUT2D eigenvalue weighted by Gasteiger charge is -2.21. The summed E-state index contributed by atoms with van der Waals surface area (Å²) in [5.74, 6) is -2.10. The molecule has 3 N–H and O–H groups in total. The number of carbonyl (C=O) groups excluding carboxylic acids is 4. The SMILES string of the molecule is CCCCCCCCCCCCCCCCCCCCCCCCC(=O)O[C@H](COC(=O)CCCCCCCCCCCCCCCCCCCCCCC)COP(=O)(O)OC[C@@H](O)COP(=O)(O)OC[C@@H](COC(=O)CCCCCCCCCCCCC)OC(=O)CCCCCCCCCCCCC. The van der Waals surface area contributed by atoms with Crippen LogP contribution in [0.3, 0.4) is 0 Å². The van der Waals surface area contributed by atoms with Crippen LogP contribution in [0.4, 0.5) is 0 Å². The smallest absolute Gasteiger partial charge is 0.462 e. The van der Waals surface area contributed by atoms with E-state index < -0.39 is 97.5 Å². The number of esters is 4. The zero-order valence-corrected chi connectivity index (χ0v) is 70.5. The number of carbonyl (C=O) groups is 4. The van der Waals surface area contributed by atoms with E-state index in [-0.39, 0.29) is 25.7 Å². The molecule has 0 saturated heterocycles. The Kier molecular flexibility index (Phi) is 78.6. The minimum absolute atomic E-state index is 0.108. The van der Waals surface area contributed by atoms with Gasteiger partial charge in [0.25, 0.3) is 0 Å². The van der Waals surface area contributed by atoms with Crippen LogP contribution in [-0.2, 0) is 65.4 Å². The second-order valence-electron chi connectivity index (χ2n) is 30.9. The lowest BCUT2D eigenvalue weighted by Crippen LogP contribution is -2.30. The number of aliphatic hydroxyl groups excluding tert-OH is 1. The van der Waals surface area contributed by atoms with Crippen LogP contribution in [0.5, 0.6) is 0 Å². The standard InChI is InChI=1S/C86H168O17P2/c1-5-9-13-17-21-25-29-31-33-35-37-39-41-43-45-47-49-53-57-61-65-69-73-86(91)103-82(77-97-84(89)71-67-63-59-55-52-48-46-44-42-40-38-36-34-32-30-26-22-18-14-10-6-2)79-101-105(94,95)99-75-80(87)74-98-104(92,93)100-78-81(102-85(90)72-68-64-60-56-51-28-24-20-16-12-8-4)76-96-83(88)70-66-62-58-54-50-27-23-19-15-11-7-3/h80-82,87H,5-79H2,1-4H3,(H,92,93)(H,94,95)/t80-,81+,82+/m0/s1. The zero-order chi connectivity index (χ0) is 76.7. The molecule has 0 aliphatic rings. The van der Waals surface area contributed by atoms with Crippen molar-refractivity contribution in [2.24, 2.45) is 0 Å². The fourth-order valence-electron chi connectivity index (χ4n) is 13.5. The highest BCUT2D eigenvalue weighted by Crippen LogP contribution is 2.45. The average molecular weight is 1540 g/mol. The Morgan fingerprint density at radius 2 is 0.381 bits per heavy atom. The lowest BCUT2D eigenvalue weighted by atomic mass is 10.0. The molecule has 2 unspecified atom stereocenters. The topological polar surface area (TPSA) is 237 Å². The molecule has 0 aliphatic heterocycles. The first-order valence-electron chi connectivity index (χ1n) is 44.8. The first-order valence-corrected chi connectivity index (χ1v) is 47.8. The second kappa shape index (κ2) is 80.1. The van der Waals surface area contributed by atoms with E-state index in [1.807, 2.05) is 0 Å². The van der Waals surface area contributed by atoms with Gasteiger partial charge in [0.15, 0.2) is 12.2 Å². The van der Waals surface area contributed by atoms with E-state index in [2.05, 4.69) is 27.7 Å². The molecule has 0 rings (SSSR count). The summed E-state index contributed by atoms with van der Waals surface area (Å²) in [6, 6.07) is 0. The van der Waals surface area contributed by atoms with Crippen LogP contribution < -0.4 is 0 Å². The third-order valence-corrected chi connectivity index (χ3v) is 22.3. The molecule has 0 saturated carbocycles. The Hall–Kier alpha value is -1.94. The van der Waals surface area contributed by atoms with Crippen molar-refractivity contribution in [1.29, 1.82) is 0 Å². The van der Waals surface area contributed by atoms with Crippen molar-refractivity contribution in [3.63, 3.8) is 0 Å². The summed E-state index contributed by atoms with van der Waals surface area (Å²) in [7, 11) is -9.92. The molecular weight excluding hydrogens is 1370 g/mol. The predicted octanol–water partition coefficient (Wildman–Crippen LogP) is 26.5. The first-order chi connectivity index (χ1) is 51.2. The number of phosphoric ester groups is 2. The fraction of sp³-hybridized carbons (Fsp3) is 0.953. The Bertz CT molecular complexity index is 1980. The predicted molar refractivity (Wildman–Crippen MR) is 432 cm³/mol. The number of phosphoric acid groups is 2. The van der Waals surface area contributed by atoms with Crippen LogP contribution >= 0.6 is 15.6 Å². The van der Waals surface area contributed by atoms with Crippen LogP contribution in [0.2, 0.25) is 0 Å². The molecule has 105 heavy (non-hydrogen) atoms. The zero-order valence-electron chi connectivity index (χ0n) is 68.7. The van der Waals surface area contributed by atoms with Crippen LogP contribution in [0.1, 0.15) is 471 Å². The van der Waals surface area contributed by atoms with Crippen LogP contribution in [0.15, 0.2) is 0 Å². The molecule has 19 heteroatoms. The lowest BCUT2D eigenvalue weighted by molar-refractivity contribution is -0.161. The molecular formula is C86H168O17P2. The van der Waals surface area contributed by atoms with Gasteiger partial charge in [-0.25, -0.2) is 9.13 Å². The summed E-state index contributed by atoms with van der Waals surface area (Å²) in [6.07, 6.45) is 75.2. The highest BCUT2D eigenvalue weighted by molar-refractivity contribution is 7.47. The summed E-state index contributed by atoms with van der Waals surface area (Å²) < 4.78 is 68.8. The summed E-state index contributed by atoms with van der Waals surface area (Å²) in [5.41, 5.74) is 0. The van der Waals surface area contributed by atoms with E-state index >= 15 is 0 Å². The molecule has 0 spiro atoms. The largest absolute Gasteiger partial charge is 0.472 e. The highest BCUT2D eigenvalue weighted by Gasteiger charge is 2.30. The van der Waals surface area contributed by atoms with E-state index in [1.165, 1.54) is 302 Å². The van der Waals surface area contributed by atoms with Crippen LogP contribution in [-0.4, -0.2) is 96.7 Å². The molecule has 624 valence electrons. The van der Waals surface area contributed by atoms with Crippen molar-refractivity contribution in [2.45, 2.75) is 489 Å². The molecule has 0 aliphatic carbocycles. The van der Waals surface area contributed by atoms with Crippen molar-refractivity contribution in [2.75, 3.05) is 39.6 Å². The molecule has 0 bridgehead atoms. The van der Waals surface area contributed by atoms with Gasteiger partial charge in [-0.3, -0.25) is 37.3 Å². The van der Waals surface area contributed by atoms with Crippen LogP contribution in [0.25, 0.3) is 0 Å². The third kappa shape index (κ3) is 79.9. The van der Waals surface area contributed by atoms with Crippen molar-refractivity contribution < 1.29 is 80.2 Å². The minimum Gasteiger partial charge on any atom is -0.462 e. The Morgan fingerprint density at radius 1 is 0.229 bits per heavy atom. The van der Waals surface area contributed by atoms with Gasteiger partial charge in [-0.05, 0) is 25.7 Å². The number of hydrogen-bond acceptors (Lipinski definition) is 15. The first kappa shape index (κ1) is 103. The summed E-state index contributed by atoms with van der Waals surface area (Å²) in [4.78, 5) is 73.1. The maximum absolute atomic E-state index is 13.1. The number of ether oxygens (including phenoxy) is 4. The quantitative estimate of drug-likeness (QED) is 0.0222. The molecule has 0 amide bonds. The van der Waals surface area contributed by atoms with Gasteiger partial charge in [0.05, 0.1) is 26.4 Å².